The van der Waals surface area contributed by atoms with Gasteiger partial charge in [-0.3, -0.25) is 20.0 Å². The summed E-state index contributed by atoms with van der Waals surface area (Å²) in [6.07, 6.45) is 3.73. The summed E-state index contributed by atoms with van der Waals surface area (Å²) in [6.45, 7) is 6.83. The fraction of sp³-hybridized carbons (Fsp3) is 0.342. The smallest absolute Gasteiger partial charge is 0.323 e. The molecule has 12 heteroatoms. The molecule has 4 aromatic rings. The van der Waals surface area contributed by atoms with Gasteiger partial charge in [0.05, 0.1) is 29.9 Å². The summed E-state index contributed by atoms with van der Waals surface area (Å²) >= 11 is 6.68. The maximum atomic E-state index is 11.5. The monoisotopic (exact) mass is 700 g/mol. The van der Waals surface area contributed by atoms with E-state index in [0.717, 1.165) is 59.6 Å². The van der Waals surface area contributed by atoms with Gasteiger partial charge in [-0.25, -0.2) is 0 Å². The lowest BCUT2D eigenvalue weighted by Gasteiger charge is -2.35. The van der Waals surface area contributed by atoms with Crippen molar-refractivity contribution in [3.05, 3.63) is 105 Å². The molecule has 1 atom stereocenters. The zero-order chi connectivity index (χ0) is 35.6. The summed E-state index contributed by atoms with van der Waals surface area (Å²) in [5.41, 5.74) is 6.80. The molecule has 50 heavy (non-hydrogen) atoms. The number of benzene rings is 3. The first-order chi connectivity index (χ1) is 24.2. The Hall–Kier alpha value is -4.70. The number of aromatic nitrogens is 1. The fourth-order valence-electron chi connectivity index (χ4n) is 5.76. The normalized spacial score (nSPS) is 13.7. The van der Waals surface area contributed by atoms with Crippen LogP contribution in [0.15, 0.2) is 67.0 Å². The highest BCUT2D eigenvalue weighted by molar-refractivity contribution is 6.32. The van der Waals surface area contributed by atoms with Gasteiger partial charge in [0.25, 0.3) is 0 Å². The molecular weight excluding hydrogens is 660 g/mol. The molecule has 0 radical (unpaired) electrons. The highest BCUT2D eigenvalue weighted by Crippen LogP contribution is 2.36. The number of nitrogens with zero attached hydrogens (tertiary/aromatic N) is 3. The van der Waals surface area contributed by atoms with Gasteiger partial charge in [-0.15, -0.1) is 0 Å². The number of nitrogens with one attached hydrogen (secondary N) is 1. The van der Waals surface area contributed by atoms with E-state index < -0.39 is 18.6 Å². The fourth-order valence-corrected chi connectivity index (χ4v) is 6.00. The van der Waals surface area contributed by atoms with E-state index in [2.05, 4.69) is 47.3 Å². The van der Waals surface area contributed by atoms with Crippen LogP contribution in [0.1, 0.15) is 39.8 Å². The molecule has 0 amide bonds. The second kappa shape index (κ2) is 17.3. The maximum Gasteiger partial charge on any atom is 0.323 e. The third kappa shape index (κ3) is 9.29. The molecule has 0 bridgehead atoms. The Morgan fingerprint density at radius 3 is 2.46 bits per heavy atom. The predicted octanol–water partition coefficient (Wildman–Crippen LogP) is 5.03. The van der Waals surface area contributed by atoms with Crippen LogP contribution in [0.4, 0.5) is 0 Å². The van der Waals surface area contributed by atoms with Crippen molar-refractivity contribution in [2.45, 2.75) is 52.2 Å². The van der Waals surface area contributed by atoms with Crippen molar-refractivity contribution in [2.24, 2.45) is 0 Å². The van der Waals surface area contributed by atoms with E-state index in [1.807, 2.05) is 24.3 Å². The van der Waals surface area contributed by atoms with Crippen LogP contribution >= 0.6 is 11.6 Å². The number of ether oxygens (including phenoxy) is 3. The van der Waals surface area contributed by atoms with Crippen molar-refractivity contribution in [3.63, 3.8) is 0 Å². The number of pyridine rings is 1. The number of carboxylic acid groups (broad SMARTS) is 1. The predicted molar refractivity (Wildman–Crippen MR) is 188 cm³/mol. The Kier molecular flexibility index (Phi) is 12.7. The number of rotatable bonds is 17. The van der Waals surface area contributed by atoms with E-state index in [9.17, 15) is 25.4 Å². The van der Waals surface area contributed by atoms with Crippen molar-refractivity contribution < 1.29 is 34.3 Å². The number of hydrogen-bond acceptors (Lipinski definition) is 10. The van der Waals surface area contributed by atoms with Crippen LogP contribution in [-0.4, -0.2) is 76.2 Å². The van der Waals surface area contributed by atoms with Crippen LogP contribution in [-0.2, 0) is 24.6 Å². The van der Waals surface area contributed by atoms with Crippen molar-refractivity contribution in [1.82, 2.24) is 15.2 Å². The van der Waals surface area contributed by atoms with Gasteiger partial charge in [-0.2, -0.15) is 5.26 Å². The number of likely N-dealkylation sites (tertiary alicyclic amines) is 1. The molecule has 2 heterocycles. The molecule has 5 rings (SSSR count). The highest BCUT2D eigenvalue weighted by atomic mass is 35.5. The molecule has 1 aliphatic heterocycles. The Labute approximate surface area is 296 Å². The number of nitriles is 1. The largest absolute Gasteiger partial charge is 0.493 e. The molecule has 0 spiro atoms. The number of aliphatic hydroxyl groups is 2. The van der Waals surface area contributed by atoms with Gasteiger partial charge in [-0.1, -0.05) is 41.9 Å². The zero-order valence-electron chi connectivity index (χ0n) is 28.1. The molecular formula is C38H41ClN4O7. The Morgan fingerprint density at radius 1 is 1.00 bits per heavy atom. The van der Waals surface area contributed by atoms with Crippen LogP contribution in [0.2, 0.25) is 5.02 Å². The molecule has 1 saturated heterocycles. The SMILES string of the molecule is Cc1c(COc2cc(OCc3cncc(C#N)c3)c(CN[C@H](CO)C(=O)O)cc2Cl)cccc1-c1cccc(OCCCN2CC(O)C2)c1C. The molecule has 0 unspecified atom stereocenters. The molecule has 1 fully saturated rings. The molecule has 1 aliphatic rings. The molecule has 11 nitrogen and oxygen atoms in total. The van der Waals surface area contributed by atoms with Gasteiger partial charge in [0.1, 0.15) is 42.6 Å². The molecule has 4 N–H and O–H groups in total. The van der Waals surface area contributed by atoms with Gasteiger partial charge in [0, 0.05) is 55.8 Å². The third-order valence-corrected chi connectivity index (χ3v) is 8.97. The number of β-amino-alcohol motifs (C(OH)–C–C–N with tert-alkyl or cyclic N) is 1. The van der Waals surface area contributed by atoms with E-state index in [1.54, 1.807) is 24.4 Å². The van der Waals surface area contributed by atoms with Gasteiger partial charge >= 0.3 is 5.97 Å². The average molecular weight is 701 g/mol. The van der Waals surface area contributed by atoms with Crippen LogP contribution in [0.25, 0.3) is 11.1 Å². The number of aliphatic hydroxyl groups excluding tert-OH is 2. The molecule has 0 aliphatic carbocycles. The molecule has 0 saturated carbocycles. The minimum Gasteiger partial charge on any atom is -0.493 e. The number of hydrogen-bond donors (Lipinski definition) is 4. The first kappa shape index (κ1) is 36.6. The van der Waals surface area contributed by atoms with Crippen molar-refractivity contribution in [3.8, 4) is 34.4 Å². The summed E-state index contributed by atoms with van der Waals surface area (Å²) in [5, 5.41) is 40.7. The Bertz CT molecular complexity index is 1840. The second-order valence-corrected chi connectivity index (χ2v) is 12.7. The molecule has 1 aromatic heterocycles. The first-order valence-corrected chi connectivity index (χ1v) is 16.7. The Balaban J connectivity index is 1.31. The summed E-state index contributed by atoms with van der Waals surface area (Å²) in [5.74, 6) is 0.411. The van der Waals surface area contributed by atoms with Gasteiger partial charge in [0.2, 0.25) is 0 Å². The summed E-state index contributed by atoms with van der Waals surface area (Å²) < 4.78 is 18.5. The quantitative estimate of drug-likeness (QED) is 0.110. The highest BCUT2D eigenvalue weighted by Gasteiger charge is 2.23. The van der Waals surface area contributed by atoms with Gasteiger partial charge in [-0.05, 0) is 66.3 Å². The minimum atomic E-state index is -1.19. The number of carboxylic acids is 1. The van der Waals surface area contributed by atoms with Crippen molar-refractivity contribution in [1.29, 1.82) is 5.26 Å². The van der Waals surface area contributed by atoms with E-state index in [0.29, 0.717) is 39.8 Å². The number of carbonyl (C=O) groups is 1. The van der Waals surface area contributed by atoms with Crippen molar-refractivity contribution >= 4 is 17.6 Å². The van der Waals surface area contributed by atoms with E-state index >= 15 is 0 Å². The van der Waals surface area contributed by atoms with Crippen LogP contribution in [0.3, 0.4) is 0 Å². The summed E-state index contributed by atoms with van der Waals surface area (Å²) in [7, 11) is 0. The number of aliphatic carboxylic acids is 1. The van der Waals surface area contributed by atoms with Gasteiger partial charge in [0.15, 0.2) is 0 Å². The molecule has 262 valence electrons. The van der Waals surface area contributed by atoms with E-state index in [4.69, 9.17) is 25.8 Å². The minimum absolute atomic E-state index is 0.0508. The maximum absolute atomic E-state index is 11.5. The topological polar surface area (TPSA) is 157 Å². The van der Waals surface area contributed by atoms with Crippen LogP contribution in [0.5, 0.6) is 17.2 Å². The van der Waals surface area contributed by atoms with Crippen LogP contribution < -0.4 is 19.5 Å². The van der Waals surface area contributed by atoms with E-state index in [-0.39, 0.29) is 25.9 Å². The van der Waals surface area contributed by atoms with Gasteiger partial charge < -0.3 is 29.5 Å². The Morgan fingerprint density at radius 2 is 1.74 bits per heavy atom. The number of halogens is 1. The van der Waals surface area contributed by atoms with E-state index in [1.165, 1.54) is 6.20 Å². The first-order valence-electron chi connectivity index (χ1n) is 16.4. The second-order valence-electron chi connectivity index (χ2n) is 12.2. The average Bonchev–Trinajstić information content (AvgIpc) is 3.09. The standard InChI is InChI=1S/C38H41ClN4O7/c1-24-28(6-3-7-31(24)32-8-4-9-35(25(32)2)48-11-5-10-43-19-30(45)20-43)23-50-37-14-36(49-22-27-12-26(15-40)16-41-17-27)29(13-33(37)39)18-42-34(21-44)38(46)47/h3-4,6-9,12-14,16-17,30,34,42,44-45H,5,10-11,18-23H2,1-2H3,(H,46,47)/t34-/m1/s1. The third-order valence-electron chi connectivity index (χ3n) is 8.67. The van der Waals surface area contributed by atoms with Crippen LogP contribution in [0, 0.1) is 25.2 Å². The molecule has 3 aromatic carbocycles. The zero-order valence-corrected chi connectivity index (χ0v) is 28.8. The summed E-state index contributed by atoms with van der Waals surface area (Å²) in [4.78, 5) is 17.8. The lowest BCUT2D eigenvalue weighted by molar-refractivity contribution is -0.140. The lowest BCUT2D eigenvalue weighted by atomic mass is 9.93. The summed E-state index contributed by atoms with van der Waals surface area (Å²) in [6, 6.07) is 18.0. The lowest BCUT2D eigenvalue weighted by Crippen LogP contribution is -2.50. The van der Waals surface area contributed by atoms with Crippen molar-refractivity contribution in [2.75, 3.05) is 32.8 Å².